The number of likely N-dealkylation sites (tertiary alicyclic amines) is 1. The first-order chi connectivity index (χ1) is 10.6. The predicted molar refractivity (Wildman–Crippen MR) is 80.9 cm³/mol. The number of amides is 1. The molecule has 2 aliphatic rings. The Morgan fingerprint density at radius 3 is 2.86 bits per heavy atom. The summed E-state index contributed by atoms with van der Waals surface area (Å²) in [4.78, 5) is 26.5. The summed E-state index contributed by atoms with van der Waals surface area (Å²) in [7, 11) is 0. The fourth-order valence-corrected chi connectivity index (χ4v) is 3.80. The van der Waals surface area contributed by atoms with Gasteiger partial charge in [-0.1, -0.05) is 6.07 Å². The highest BCUT2D eigenvalue weighted by Crippen LogP contribution is 2.35. The number of pyridine rings is 1. The van der Waals surface area contributed by atoms with Crippen LogP contribution in [0, 0.1) is 12.8 Å². The quantitative estimate of drug-likeness (QED) is 0.809. The van der Waals surface area contributed by atoms with Gasteiger partial charge in [-0.15, -0.1) is 0 Å². The lowest BCUT2D eigenvalue weighted by atomic mass is 9.83. The molecule has 2 atom stereocenters. The summed E-state index contributed by atoms with van der Waals surface area (Å²) in [5, 5.41) is 0. The third-order valence-electron chi connectivity index (χ3n) is 4.82. The number of furan rings is 1. The highest BCUT2D eigenvalue weighted by Gasteiger charge is 2.37. The minimum atomic E-state index is -0.0380. The van der Waals surface area contributed by atoms with E-state index < -0.39 is 0 Å². The lowest BCUT2D eigenvalue weighted by Crippen LogP contribution is -2.49. The average molecular weight is 298 g/mol. The van der Waals surface area contributed by atoms with E-state index in [0.717, 1.165) is 17.7 Å². The molecule has 1 amide bonds. The Bertz CT molecular complexity index is 789. The highest BCUT2D eigenvalue weighted by atomic mass is 16.3. The zero-order chi connectivity index (χ0) is 15.3. The molecule has 0 aromatic carbocycles. The van der Waals surface area contributed by atoms with Gasteiger partial charge in [-0.2, -0.15) is 0 Å². The Morgan fingerprint density at radius 2 is 2.09 bits per heavy atom. The molecule has 1 fully saturated rings. The summed E-state index contributed by atoms with van der Waals surface area (Å²) in [6, 6.07) is 7.24. The molecule has 0 radical (unpaired) electrons. The van der Waals surface area contributed by atoms with Crippen molar-refractivity contribution in [3.05, 3.63) is 57.9 Å². The second-order valence-corrected chi connectivity index (χ2v) is 6.34. The summed E-state index contributed by atoms with van der Waals surface area (Å²) in [6.07, 6.45) is 2.60. The molecular formula is C17H18N2O3. The monoisotopic (exact) mass is 298 g/mol. The smallest absolute Gasteiger partial charge is 0.289 e. The highest BCUT2D eigenvalue weighted by molar-refractivity contribution is 5.93. The second-order valence-electron chi connectivity index (χ2n) is 6.34. The molecule has 0 spiro atoms. The van der Waals surface area contributed by atoms with Crippen molar-refractivity contribution in [2.24, 2.45) is 5.92 Å². The van der Waals surface area contributed by atoms with Crippen LogP contribution in [0.3, 0.4) is 0 Å². The first-order valence-electron chi connectivity index (χ1n) is 7.66. The standard InChI is InChI=1S/C17H18N2O3/c1-11-5-6-22-16(11)17(21)18-8-12-7-13(10-18)14-3-2-4-15(20)19(14)9-12/h2-6,12-13H,7-10H2,1H3. The molecule has 2 aromatic rings. The Balaban J connectivity index is 1.65. The van der Waals surface area contributed by atoms with Crippen LogP contribution in [-0.4, -0.2) is 28.5 Å². The molecule has 5 nitrogen and oxygen atoms in total. The van der Waals surface area contributed by atoms with Crippen molar-refractivity contribution >= 4 is 5.91 Å². The lowest BCUT2D eigenvalue weighted by molar-refractivity contribution is 0.0563. The van der Waals surface area contributed by atoms with Gasteiger partial charge in [0.25, 0.3) is 11.5 Å². The molecule has 0 N–H and O–H groups in total. The van der Waals surface area contributed by atoms with E-state index in [1.165, 1.54) is 0 Å². The maximum absolute atomic E-state index is 12.7. The first kappa shape index (κ1) is 13.4. The van der Waals surface area contributed by atoms with Crippen molar-refractivity contribution in [3.63, 3.8) is 0 Å². The number of carbonyl (C=O) groups excluding carboxylic acids is 1. The Morgan fingerprint density at radius 1 is 1.23 bits per heavy atom. The Kier molecular flexibility index (Phi) is 2.96. The normalized spacial score (nSPS) is 23.2. The van der Waals surface area contributed by atoms with E-state index in [4.69, 9.17) is 4.42 Å². The minimum absolute atomic E-state index is 0.0380. The van der Waals surface area contributed by atoms with Gasteiger partial charge in [0.05, 0.1) is 6.26 Å². The van der Waals surface area contributed by atoms with Crippen LogP contribution >= 0.6 is 0 Å². The number of carbonyl (C=O) groups is 1. The molecule has 4 heterocycles. The molecule has 1 saturated heterocycles. The van der Waals surface area contributed by atoms with Gasteiger partial charge in [-0.3, -0.25) is 9.59 Å². The number of nitrogens with zero attached hydrogens (tertiary/aromatic N) is 2. The number of fused-ring (bicyclic) bond motifs is 4. The summed E-state index contributed by atoms with van der Waals surface area (Å²) in [5.41, 5.74) is 1.99. The number of rotatable bonds is 1. The van der Waals surface area contributed by atoms with Crippen molar-refractivity contribution in [1.82, 2.24) is 9.47 Å². The molecule has 22 heavy (non-hydrogen) atoms. The SMILES string of the molecule is Cc1ccoc1C(=O)N1CC2CC(C1)c1cccc(=O)n1C2. The van der Waals surface area contributed by atoms with Crippen molar-refractivity contribution in [2.75, 3.05) is 13.1 Å². The van der Waals surface area contributed by atoms with E-state index in [-0.39, 0.29) is 17.4 Å². The molecule has 2 unspecified atom stereocenters. The predicted octanol–water partition coefficient (Wildman–Crippen LogP) is 2.01. The number of aromatic nitrogens is 1. The molecular weight excluding hydrogens is 280 g/mol. The van der Waals surface area contributed by atoms with Gasteiger partial charge in [0.15, 0.2) is 5.76 Å². The molecule has 114 valence electrons. The topological polar surface area (TPSA) is 55.5 Å². The van der Waals surface area contributed by atoms with Crippen LogP contribution in [0.25, 0.3) is 0 Å². The zero-order valence-electron chi connectivity index (χ0n) is 12.5. The maximum Gasteiger partial charge on any atom is 0.289 e. The van der Waals surface area contributed by atoms with Gasteiger partial charge < -0.3 is 13.9 Å². The van der Waals surface area contributed by atoms with E-state index in [1.807, 2.05) is 34.6 Å². The summed E-state index contributed by atoms with van der Waals surface area (Å²) >= 11 is 0. The van der Waals surface area contributed by atoms with Gasteiger partial charge in [0.1, 0.15) is 0 Å². The largest absolute Gasteiger partial charge is 0.459 e. The molecule has 0 saturated carbocycles. The molecule has 0 aliphatic carbocycles. The van der Waals surface area contributed by atoms with Gasteiger partial charge in [0.2, 0.25) is 0 Å². The van der Waals surface area contributed by atoms with E-state index in [9.17, 15) is 9.59 Å². The lowest BCUT2D eigenvalue weighted by Gasteiger charge is -2.42. The number of aryl methyl sites for hydroxylation is 1. The Hall–Kier alpha value is -2.30. The fourth-order valence-electron chi connectivity index (χ4n) is 3.80. The average Bonchev–Trinajstić information content (AvgIpc) is 2.93. The number of hydrogen-bond donors (Lipinski definition) is 0. The van der Waals surface area contributed by atoms with Crippen LogP contribution in [-0.2, 0) is 6.54 Å². The van der Waals surface area contributed by atoms with Gasteiger partial charge >= 0.3 is 0 Å². The molecule has 4 rings (SSSR count). The van der Waals surface area contributed by atoms with Crippen molar-refractivity contribution in [1.29, 1.82) is 0 Å². The van der Waals surface area contributed by atoms with Crippen molar-refractivity contribution < 1.29 is 9.21 Å². The van der Waals surface area contributed by atoms with E-state index in [2.05, 4.69) is 0 Å². The Labute approximate surface area is 128 Å². The van der Waals surface area contributed by atoms with E-state index >= 15 is 0 Å². The van der Waals surface area contributed by atoms with Crippen LogP contribution in [0.4, 0.5) is 0 Å². The molecule has 2 aliphatic heterocycles. The van der Waals surface area contributed by atoms with Gasteiger partial charge in [0, 0.05) is 42.9 Å². The first-order valence-corrected chi connectivity index (χ1v) is 7.66. The minimum Gasteiger partial charge on any atom is -0.459 e. The third kappa shape index (κ3) is 2.00. The van der Waals surface area contributed by atoms with Crippen LogP contribution in [0.15, 0.2) is 39.7 Å². The van der Waals surface area contributed by atoms with Gasteiger partial charge in [-0.05, 0) is 31.4 Å². The number of piperidine rings is 1. The van der Waals surface area contributed by atoms with Crippen LogP contribution < -0.4 is 5.56 Å². The van der Waals surface area contributed by atoms with E-state index in [1.54, 1.807) is 12.3 Å². The molecule has 2 bridgehead atoms. The van der Waals surface area contributed by atoms with Gasteiger partial charge in [-0.25, -0.2) is 0 Å². The van der Waals surface area contributed by atoms with Crippen molar-refractivity contribution in [2.45, 2.75) is 25.8 Å². The summed E-state index contributed by atoms with van der Waals surface area (Å²) in [6.45, 7) is 3.93. The summed E-state index contributed by atoms with van der Waals surface area (Å²) in [5.74, 6) is 0.973. The fraction of sp³-hybridized carbons (Fsp3) is 0.412. The van der Waals surface area contributed by atoms with Crippen LogP contribution in [0.5, 0.6) is 0 Å². The molecule has 5 heteroatoms. The second kappa shape index (κ2) is 4.87. The molecule has 2 aromatic heterocycles. The maximum atomic E-state index is 12.7. The zero-order valence-corrected chi connectivity index (χ0v) is 12.5. The summed E-state index contributed by atoms with van der Waals surface area (Å²) < 4.78 is 7.22. The number of hydrogen-bond acceptors (Lipinski definition) is 3. The van der Waals surface area contributed by atoms with E-state index in [0.29, 0.717) is 31.3 Å². The third-order valence-corrected chi connectivity index (χ3v) is 4.82. The van der Waals surface area contributed by atoms with Crippen molar-refractivity contribution in [3.8, 4) is 0 Å². The van der Waals surface area contributed by atoms with Crippen LogP contribution in [0.1, 0.15) is 34.2 Å². The van der Waals surface area contributed by atoms with Crippen LogP contribution in [0.2, 0.25) is 0 Å².